The molecule has 0 aliphatic heterocycles. The summed E-state index contributed by atoms with van der Waals surface area (Å²) in [6.45, 7) is 3.20. The van der Waals surface area contributed by atoms with Crippen LogP contribution in [-0.2, 0) is 6.42 Å². The summed E-state index contributed by atoms with van der Waals surface area (Å²) in [6, 6.07) is 14.8. The van der Waals surface area contributed by atoms with Gasteiger partial charge in [-0.15, -0.1) is 0 Å². The average Bonchev–Trinajstić information content (AvgIpc) is 2.43. The number of benzene rings is 2. The number of rotatable bonds is 6. The van der Waals surface area contributed by atoms with Gasteiger partial charge >= 0.3 is 0 Å². The van der Waals surface area contributed by atoms with Gasteiger partial charge in [-0.05, 0) is 31.0 Å². The third-order valence-electron chi connectivity index (χ3n) is 2.82. The molecule has 19 heavy (non-hydrogen) atoms. The van der Waals surface area contributed by atoms with Crippen molar-refractivity contribution in [3.05, 3.63) is 59.9 Å². The first-order chi connectivity index (χ1) is 9.29. The minimum Gasteiger partial charge on any atom is -0.492 e. The van der Waals surface area contributed by atoms with E-state index in [1.807, 2.05) is 25.1 Å². The van der Waals surface area contributed by atoms with E-state index >= 15 is 0 Å². The van der Waals surface area contributed by atoms with Crippen LogP contribution < -0.4 is 10.1 Å². The van der Waals surface area contributed by atoms with E-state index in [-0.39, 0.29) is 5.82 Å². The van der Waals surface area contributed by atoms with Crippen molar-refractivity contribution in [1.82, 2.24) is 0 Å². The Kier molecular flexibility index (Phi) is 4.78. The molecule has 0 bridgehead atoms. The number of hydrogen-bond donors (Lipinski definition) is 1. The van der Waals surface area contributed by atoms with Gasteiger partial charge in [-0.25, -0.2) is 4.39 Å². The molecular formula is C16H18FNO. The minimum atomic E-state index is -0.281. The zero-order valence-corrected chi connectivity index (χ0v) is 11.0. The van der Waals surface area contributed by atoms with Crippen molar-refractivity contribution in [2.75, 3.05) is 18.5 Å². The Hall–Kier alpha value is -2.03. The molecule has 0 aliphatic rings. The van der Waals surface area contributed by atoms with E-state index in [4.69, 9.17) is 4.74 Å². The van der Waals surface area contributed by atoms with Crippen LogP contribution in [0.3, 0.4) is 0 Å². The Balaban J connectivity index is 1.95. The molecule has 3 heteroatoms. The molecule has 0 fully saturated rings. The van der Waals surface area contributed by atoms with Crippen LogP contribution in [0, 0.1) is 5.82 Å². The van der Waals surface area contributed by atoms with Crippen LogP contribution in [-0.4, -0.2) is 13.2 Å². The fourth-order valence-electron chi connectivity index (χ4n) is 1.90. The molecule has 0 spiro atoms. The highest BCUT2D eigenvalue weighted by atomic mass is 19.1. The molecule has 0 aromatic heterocycles. The van der Waals surface area contributed by atoms with Crippen molar-refractivity contribution < 1.29 is 9.13 Å². The standard InChI is InChI=1S/C16H18FNO/c1-2-19-16-12-14(17)8-9-15(16)18-11-10-13-6-4-3-5-7-13/h3-9,12,18H,2,10-11H2,1H3. The van der Waals surface area contributed by atoms with Gasteiger partial charge in [-0.3, -0.25) is 0 Å². The first-order valence-corrected chi connectivity index (χ1v) is 6.49. The molecule has 0 aliphatic carbocycles. The molecule has 2 rings (SSSR count). The monoisotopic (exact) mass is 259 g/mol. The Morgan fingerprint density at radius 2 is 1.89 bits per heavy atom. The summed E-state index contributed by atoms with van der Waals surface area (Å²) in [4.78, 5) is 0. The van der Waals surface area contributed by atoms with E-state index in [1.54, 1.807) is 6.07 Å². The summed E-state index contributed by atoms with van der Waals surface area (Å²) in [7, 11) is 0. The zero-order chi connectivity index (χ0) is 13.5. The molecule has 2 nitrogen and oxygen atoms in total. The number of nitrogens with one attached hydrogen (secondary N) is 1. The van der Waals surface area contributed by atoms with Gasteiger partial charge in [0, 0.05) is 12.6 Å². The molecule has 0 unspecified atom stereocenters. The molecule has 0 radical (unpaired) electrons. The Bertz CT molecular complexity index is 513. The molecular weight excluding hydrogens is 241 g/mol. The van der Waals surface area contributed by atoms with Crippen molar-refractivity contribution in [2.45, 2.75) is 13.3 Å². The predicted molar refractivity (Wildman–Crippen MR) is 76.2 cm³/mol. The second-order valence-electron chi connectivity index (χ2n) is 4.24. The van der Waals surface area contributed by atoms with Gasteiger partial charge in [0.15, 0.2) is 0 Å². The fourth-order valence-corrected chi connectivity index (χ4v) is 1.90. The van der Waals surface area contributed by atoms with Crippen molar-refractivity contribution in [3.8, 4) is 5.75 Å². The molecule has 0 atom stereocenters. The maximum atomic E-state index is 13.1. The van der Waals surface area contributed by atoms with Gasteiger partial charge in [-0.2, -0.15) is 0 Å². The van der Waals surface area contributed by atoms with Gasteiger partial charge in [0.2, 0.25) is 0 Å². The van der Waals surface area contributed by atoms with E-state index in [2.05, 4.69) is 17.4 Å². The topological polar surface area (TPSA) is 21.3 Å². The second-order valence-corrected chi connectivity index (χ2v) is 4.24. The SMILES string of the molecule is CCOc1cc(F)ccc1NCCc1ccccc1. The smallest absolute Gasteiger partial charge is 0.145 e. The van der Waals surface area contributed by atoms with Crippen LogP contribution in [0.2, 0.25) is 0 Å². The lowest BCUT2D eigenvalue weighted by Gasteiger charge is -2.12. The molecule has 0 saturated heterocycles. The quantitative estimate of drug-likeness (QED) is 0.850. The van der Waals surface area contributed by atoms with Crippen LogP contribution in [0.25, 0.3) is 0 Å². The predicted octanol–water partition coefficient (Wildman–Crippen LogP) is 3.88. The molecule has 2 aromatic rings. The third kappa shape index (κ3) is 3.98. The van der Waals surface area contributed by atoms with Gasteiger partial charge in [-0.1, -0.05) is 30.3 Å². The number of anilines is 1. The highest BCUT2D eigenvalue weighted by molar-refractivity contribution is 5.56. The molecule has 0 saturated carbocycles. The molecule has 0 heterocycles. The summed E-state index contributed by atoms with van der Waals surface area (Å²) < 4.78 is 18.6. The van der Waals surface area contributed by atoms with E-state index in [0.29, 0.717) is 12.4 Å². The molecule has 1 N–H and O–H groups in total. The highest BCUT2D eigenvalue weighted by Crippen LogP contribution is 2.25. The molecule has 100 valence electrons. The van der Waals surface area contributed by atoms with Crippen molar-refractivity contribution in [1.29, 1.82) is 0 Å². The molecule has 2 aromatic carbocycles. The van der Waals surface area contributed by atoms with Crippen molar-refractivity contribution in [3.63, 3.8) is 0 Å². The van der Waals surface area contributed by atoms with Crippen LogP contribution in [0.5, 0.6) is 5.75 Å². The number of ether oxygens (including phenoxy) is 1. The molecule has 0 amide bonds. The lowest BCUT2D eigenvalue weighted by molar-refractivity contribution is 0.340. The summed E-state index contributed by atoms with van der Waals surface area (Å²) in [5.74, 6) is 0.285. The first kappa shape index (κ1) is 13.4. The first-order valence-electron chi connectivity index (χ1n) is 6.49. The third-order valence-corrected chi connectivity index (χ3v) is 2.82. The van der Waals surface area contributed by atoms with E-state index in [1.165, 1.54) is 17.7 Å². The fraction of sp³-hybridized carbons (Fsp3) is 0.250. The van der Waals surface area contributed by atoms with Gasteiger partial charge in [0.05, 0.1) is 12.3 Å². The Morgan fingerprint density at radius 1 is 1.11 bits per heavy atom. The van der Waals surface area contributed by atoms with E-state index < -0.39 is 0 Å². The normalized spacial score (nSPS) is 10.2. The van der Waals surface area contributed by atoms with Gasteiger partial charge in [0.1, 0.15) is 11.6 Å². The van der Waals surface area contributed by atoms with Crippen molar-refractivity contribution >= 4 is 5.69 Å². The second kappa shape index (κ2) is 6.78. The van der Waals surface area contributed by atoms with E-state index in [9.17, 15) is 4.39 Å². The lowest BCUT2D eigenvalue weighted by atomic mass is 10.1. The summed E-state index contributed by atoms with van der Waals surface area (Å²) >= 11 is 0. The average molecular weight is 259 g/mol. The number of hydrogen-bond acceptors (Lipinski definition) is 2. The highest BCUT2D eigenvalue weighted by Gasteiger charge is 2.04. The van der Waals surface area contributed by atoms with Crippen molar-refractivity contribution in [2.24, 2.45) is 0 Å². The summed E-state index contributed by atoms with van der Waals surface area (Å²) in [5.41, 5.74) is 2.11. The lowest BCUT2D eigenvalue weighted by Crippen LogP contribution is -2.07. The largest absolute Gasteiger partial charge is 0.492 e. The van der Waals surface area contributed by atoms with Crippen LogP contribution in [0.15, 0.2) is 48.5 Å². The number of halogens is 1. The van der Waals surface area contributed by atoms with E-state index in [0.717, 1.165) is 18.7 Å². The summed E-state index contributed by atoms with van der Waals surface area (Å²) in [5, 5.41) is 3.28. The Morgan fingerprint density at radius 3 is 2.63 bits per heavy atom. The maximum Gasteiger partial charge on any atom is 0.145 e. The summed E-state index contributed by atoms with van der Waals surface area (Å²) in [6.07, 6.45) is 0.920. The maximum absolute atomic E-state index is 13.1. The Labute approximate surface area is 113 Å². The van der Waals surface area contributed by atoms with Gasteiger partial charge < -0.3 is 10.1 Å². The zero-order valence-electron chi connectivity index (χ0n) is 11.0. The van der Waals surface area contributed by atoms with Crippen LogP contribution >= 0.6 is 0 Å². The van der Waals surface area contributed by atoms with Crippen LogP contribution in [0.4, 0.5) is 10.1 Å². The minimum absolute atomic E-state index is 0.281. The van der Waals surface area contributed by atoms with Gasteiger partial charge in [0.25, 0.3) is 0 Å². The van der Waals surface area contributed by atoms with Crippen LogP contribution in [0.1, 0.15) is 12.5 Å².